The van der Waals surface area contributed by atoms with E-state index >= 15 is 0 Å². The van der Waals surface area contributed by atoms with E-state index in [2.05, 4.69) is 10.3 Å². The highest BCUT2D eigenvalue weighted by molar-refractivity contribution is 5.88. The van der Waals surface area contributed by atoms with Crippen LogP contribution in [0.1, 0.15) is 23.7 Å². The number of rotatable bonds is 8. The summed E-state index contributed by atoms with van der Waals surface area (Å²) in [5, 5.41) is 2.84. The summed E-state index contributed by atoms with van der Waals surface area (Å²) >= 11 is 0. The summed E-state index contributed by atoms with van der Waals surface area (Å²) in [5.41, 5.74) is 2.36. The van der Waals surface area contributed by atoms with E-state index in [1.807, 2.05) is 42.5 Å². The van der Waals surface area contributed by atoms with Crippen LogP contribution in [-0.2, 0) is 29.1 Å². The van der Waals surface area contributed by atoms with E-state index in [4.69, 9.17) is 0 Å². The minimum absolute atomic E-state index is 0.175. The number of nitrogens with one attached hydrogen (secondary N) is 1. The number of amides is 2. The van der Waals surface area contributed by atoms with Crippen molar-refractivity contribution >= 4 is 11.8 Å². The summed E-state index contributed by atoms with van der Waals surface area (Å²) in [6.07, 6.45) is 1.84. The molecule has 0 aliphatic heterocycles. The van der Waals surface area contributed by atoms with Crippen LogP contribution in [0.25, 0.3) is 0 Å². The number of aromatic nitrogens is 1. The van der Waals surface area contributed by atoms with Gasteiger partial charge in [-0.2, -0.15) is 0 Å². The Bertz CT molecular complexity index is 963. The van der Waals surface area contributed by atoms with Crippen molar-refractivity contribution in [2.24, 2.45) is 0 Å². The third-order valence-corrected chi connectivity index (χ3v) is 4.80. The number of pyridine rings is 1. The Morgan fingerprint density at radius 2 is 1.67 bits per heavy atom. The topological polar surface area (TPSA) is 62.3 Å². The second-order valence-corrected chi connectivity index (χ2v) is 7.03. The average Bonchev–Trinajstić information content (AvgIpc) is 2.78. The van der Waals surface area contributed by atoms with Gasteiger partial charge in [-0.25, -0.2) is 4.39 Å². The summed E-state index contributed by atoms with van der Waals surface area (Å²) < 4.78 is 13.3. The molecule has 0 aliphatic carbocycles. The van der Waals surface area contributed by atoms with Gasteiger partial charge in [-0.1, -0.05) is 48.5 Å². The van der Waals surface area contributed by atoms with Crippen LogP contribution in [-0.4, -0.2) is 27.7 Å². The molecule has 0 fully saturated rings. The fourth-order valence-corrected chi connectivity index (χ4v) is 3.07. The van der Waals surface area contributed by atoms with Crippen molar-refractivity contribution in [3.05, 3.63) is 102 Å². The highest BCUT2D eigenvalue weighted by Crippen LogP contribution is 2.13. The van der Waals surface area contributed by atoms with Crippen LogP contribution < -0.4 is 5.32 Å². The number of nitrogens with zero attached hydrogens (tertiary/aromatic N) is 2. The smallest absolute Gasteiger partial charge is 0.242 e. The monoisotopic (exact) mass is 405 g/mol. The van der Waals surface area contributed by atoms with E-state index in [1.165, 1.54) is 17.0 Å². The van der Waals surface area contributed by atoms with Crippen molar-refractivity contribution in [2.45, 2.75) is 32.5 Å². The van der Waals surface area contributed by atoms with Gasteiger partial charge in [-0.05, 0) is 42.3 Å². The van der Waals surface area contributed by atoms with Crippen molar-refractivity contribution < 1.29 is 14.0 Å². The molecule has 0 saturated carbocycles. The Morgan fingerprint density at radius 1 is 0.967 bits per heavy atom. The van der Waals surface area contributed by atoms with Crippen LogP contribution >= 0.6 is 0 Å². The molecule has 30 heavy (non-hydrogen) atoms. The molecule has 0 bridgehead atoms. The molecule has 1 atom stereocenters. The van der Waals surface area contributed by atoms with Crippen LogP contribution in [0.3, 0.4) is 0 Å². The molecule has 2 amide bonds. The molecule has 1 unspecified atom stereocenters. The first kappa shape index (κ1) is 21.2. The van der Waals surface area contributed by atoms with Gasteiger partial charge in [0.05, 0.1) is 18.7 Å². The minimum Gasteiger partial charge on any atom is -0.349 e. The zero-order chi connectivity index (χ0) is 21.3. The molecule has 1 aromatic heterocycles. The Labute approximate surface area is 175 Å². The van der Waals surface area contributed by atoms with Gasteiger partial charge in [-0.3, -0.25) is 14.6 Å². The summed E-state index contributed by atoms with van der Waals surface area (Å²) in [6, 6.07) is 20.1. The Kier molecular flexibility index (Phi) is 7.27. The molecule has 3 rings (SSSR count). The highest BCUT2D eigenvalue weighted by Gasteiger charge is 2.26. The number of hydrogen-bond donors (Lipinski definition) is 1. The second kappa shape index (κ2) is 10.3. The normalized spacial score (nSPS) is 11.5. The van der Waals surface area contributed by atoms with Crippen LogP contribution in [0, 0.1) is 5.82 Å². The van der Waals surface area contributed by atoms with Crippen molar-refractivity contribution in [3.63, 3.8) is 0 Å². The van der Waals surface area contributed by atoms with Gasteiger partial charge in [-0.15, -0.1) is 0 Å². The quantitative estimate of drug-likeness (QED) is 0.624. The molecular weight excluding hydrogens is 381 g/mol. The molecule has 6 heteroatoms. The summed E-state index contributed by atoms with van der Waals surface area (Å²) in [6.45, 7) is 2.19. The van der Waals surface area contributed by atoms with Crippen molar-refractivity contribution in [1.82, 2.24) is 15.2 Å². The largest absolute Gasteiger partial charge is 0.349 e. The lowest BCUT2D eigenvalue weighted by atomic mass is 10.1. The molecule has 0 saturated heterocycles. The molecule has 1 N–H and O–H groups in total. The number of halogens is 1. The van der Waals surface area contributed by atoms with Crippen molar-refractivity contribution in [2.75, 3.05) is 0 Å². The van der Waals surface area contributed by atoms with Gasteiger partial charge in [0, 0.05) is 12.7 Å². The number of carbonyl (C=O) groups is 2. The number of benzene rings is 2. The Balaban J connectivity index is 1.73. The van der Waals surface area contributed by atoms with Gasteiger partial charge in [0.2, 0.25) is 11.8 Å². The van der Waals surface area contributed by atoms with E-state index in [9.17, 15) is 14.0 Å². The average molecular weight is 405 g/mol. The number of hydrogen-bond acceptors (Lipinski definition) is 3. The maximum Gasteiger partial charge on any atom is 0.242 e. The molecule has 3 aromatic rings. The first-order valence-corrected chi connectivity index (χ1v) is 9.78. The fraction of sp³-hybridized carbons (Fsp3) is 0.208. The predicted octanol–water partition coefficient (Wildman–Crippen LogP) is 3.50. The predicted molar refractivity (Wildman–Crippen MR) is 113 cm³/mol. The summed E-state index contributed by atoms with van der Waals surface area (Å²) in [7, 11) is 0. The lowest BCUT2D eigenvalue weighted by Gasteiger charge is -2.29. The van der Waals surface area contributed by atoms with Crippen molar-refractivity contribution in [1.29, 1.82) is 0 Å². The van der Waals surface area contributed by atoms with E-state index in [0.29, 0.717) is 0 Å². The van der Waals surface area contributed by atoms with E-state index in [1.54, 1.807) is 31.3 Å². The Morgan fingerprint density at radius 3 is 2.33 bits per heavy atom. The molecule has 5 nitrogen and oxygen atoms in total. The SMILES string of the molecule is CC(C(=O)NCc1ccccn1)N(Cc1ccc(F)cc1)C(=O)Cc1ccccc1. The first-order valence-electron chi connectivity index (χ1n) is 9.78. The van der Waals surface area contributed by atoms with E-state index < -0.39 is 6.04 Å². The van der Waals surface area contributed by atoms with Crippen molar-refractivity contribution in [3.8, 4) is 0 Å². The van der Waals surface area contributed by atoms with Gasteiger partial charge < -0.3 is 10.2 Å². The van der Waals surface area contributed by atoms with Crippen LogP contribution in [0.4, 0.5) is 4.39 Å². The standard InChI is InChI=1S/C24H24FN3O2/c1-18(24(30)27-16-22-9-5-6-14-26-22)28(17-20-10-12-21(25)13-11-20)23(29)15-19-7-3-2-4-8-19/h2-14,18H,15-17H2,1H3,(H,27,30). The maximum absolute atomic E-state index is 13.3. The number of carbonyl (C=O) groups excluding carboxylic acids is 2. The summed E-state index contributed by atoms with van der Waals surface area (Å²) in [5.74, 6) is -0.794. The molecule has 1 heterocycles. The zero-order valence-corrected chi connectivity index (χ0v) is 16.8. The van der Waals surface area contributed by atoms with Gasteiger partial charge in [0.25, 0.3) is 0 Å². The maximum atomic E-state index is 13.3. The molecule has 0 aliphatic rings. The van der Waals surface area contributed by atoms with Crippen LogP contribution in [0.15, 0.2) is 79.0 Å². The van der Waals surface area contributed by atoms with E-state index in [-0.39, 0.29) is 37.1 Å². The van der Waals surface area contributed by atoms with Gasteiger partial charge >= 0.3 is 0 Å². The lowest BCUT2D eigenvalue weighted by molar-refractivity contribution is -0.140. The third kappa shape index (κ3) is 5.98. The Hall–Kier alpha value is -3.54. The lowest BCUT2D eigenvalue weighted by Crippen LogP contribution is -2.48. The molecular formula is C24H24FN3O2. The molecule has 154 valence electrons. The fourth-order valence-electron chi connectivity index (χ4n) is 3.07. The molecule has 0 radical (unpaired) electrons. The van der Waals surface area contributed by atoms with E-state index in [0.717, 1.165) is 16.8 Å². The van der Waals surface area contributed by atoms with Crippen LogP contribution in [0.2, 0.25) is 0 Å². The third-order valence-electron chi connectivity index (χ3n) is 4.80. The molecule has 2 aromatic carbocycles. The zero-order valence-electron chi connectivity index (χ0n) is 16.8. The highest BCUT2D eigenvalue weighted by atomic mass is 19.1. The van der Waals surface area contributed by atoms with Gasteiger partial charge in [0.1, 0.15) is 11.9 Å². The first-order chi connectivity index (χ1) is 14.5. The molecule has 0 spiro atoms. The second-order valence-electron chi connectivity index (χ2n) is 7.03. The van der Waals surface area contributed by atoms with Crippen LogP contribution in [0.5, 0.6) is 0 Å². The minimum atomic E-state index is -0.699. The van der Waals surface area contributed by atoms with Gasteiger partial charge in [0.15, 0.2) is 0 Å². The summed E-state index contributed by atoms with van der Waals surface area (Å²) in [4.78, 5) is 31.5.